The second-order valence-corrected chi connectivity index (χ2v) is 5.35. The van der Waals surface area contributed by atoms with E-state index in [2.05, 4.69) is 22.9 Å². The summed E-state index contributed by atoms with van der Waals surface area (Å²) in [5.74, 6) is 1.40. The van der Waals surface area contributed by atoms with Gasteiger partial charge in [0.15, 0.2) is 0 Å². The fraction of sp³-hybridized carbons (Fsp3) is 0.571. The number of methoxy groups -OCH3 is 3. The molecule has 0 fully saturated rings. The molecule has 5 heteroatoms. The van der Waals surface area contributed by atoms with Gasteiger partial charge in [0, 0.05) is 12.7 Å². The van der Waals surface area contributed by atoms with E-state index in [4.69, 9.17) is 19.9 Å². The minimum absolute atomic E-state index is 0.292. The molecule has 0 bridgehead atoms. The summed E-state index contributed by atoms with van der Waals surface area (Å²) in [6, 6.07) is 3.49. The average Bonchev–Trinajstić information content (AvgIpc) is 2.45. The van der Waals surface area contributed by atoms with Crippen molar-refractivity contribution in [3.8, 4) is 11.5 Å². The van der Waals surface area contributed by atoms with Crippen LogP contribution in [0.5, 0.6) is 11.5 Å². The smallest absolute Gasteiger partial charge is 0.141 e. The van der Waals surface area contributed by atoms with Gasteiger partial charge in [-0.25, -0.2) is 0 Å². The fourth-order valence-corrected chi connectivity index (χ4v) is 2.67. The van der Waals surface area contributed by atoms with E-state index in [1.54, 1.807) is 21.3 Å². The van der Waals surface area contributed by atoms with E-state index in [1.165, 1.54) is 0 Å². The Bertz CT molecular complexity index is 433. The molecule has 0 aliphatic heterocycles. The number of hydrogen-bond donors (Lipinski definition) is 1. The highest BCUT2D eigenvalue weighted by Crippen LogP contribution is 2.42. The number of hydrogen-bond acceptors (Lipinski definition) is 4. The van der Waals surface area contributed by atoms with Crippen molar-refractivity contribution in [3.63, 3.8) is 0 Å². The Morgan fingerprint density at radius 2 is 1.89 bits per heavy atom. The van der Waals surface area contributed by atoms with Crippen LogP contribution in [0, 0.1) is 0 Å². The predicted octanol–water partition coefficient (Wildman–Crippen LogP) is 3.28. The summed E-state index contributed by atoms with van der Waals surface area (Å²) in [7, 11) is 4.91. The molecule has 0 aliphatic carbocycles. The Morgan fingerprint density at radius 1 is 1.26 bits per heavy atom. The molecule has 19 heavy (non-hydrogen) atoms. The van der Waals surface area contributed by atoms with Crippen molar-refractivity contribution in [2.75, 3.05) is 21.3 Å². The molecular formula is C14H22BrNO3. The molecule has 2 atom stereocenters. The van der Waals surface area contributed by atoms with Crippen LogP contribution >= 0.6 is 15.9 Å². The van der Waals surface area contributed by atoms with E-state index in [-0.39, 0.29) is 6.04 Å². The van der Waals surface area contributed by atoms with E-state index in [0.717, 1.165) is 16.5 Å². The minimum Gasteiger partial charge on any atom is -0.495 e. The van der Waals surface area contributed by atoms with Gasteiger partial charge in [0.05, 0.1) is 25.9 Å². The van der Waals surface area contributed by atoms with Crippen LogP contribution in [0.4, 0.5) is 0 Å². The van der Waals surface area contributed by atoms with E-state index in [0.29, 0.717) is 11.5 Å². The van der Waals surface area contributed by atoms with E-state index >= 15 is 0 Å². The van der Waals surface area contributed by atoms with E-state index in [9.17, 15) is 0 Å². The van der Waals surface area contributed by atoms with Crippen LogP contribution in [-0.4, -0.2) is 26.9 Å². The maximum Gasteiger partial charge on any atom is 0.141 e. The zero-order valence-electron chi connectivity index (χ0n) is 12.1. The van der Waals surface area contributed by atoms with Crippen molar-refractivity contribution in [2.24, 2.45) is 5.73 Å². The first-order chi connectivity index (χ1) is 8.95. The lowest BCUT2D eigenvalue weighted by atomic mass is 9.88. The molecule has 0 saturated carbocycles. The quantitative estimate of drug-likeness (QED) is 0.869. The summed E-state index contributed by atoms with van der Waals surface area (Å²) in [5.41, 5.74) is 6.81. The standard InChI is InChI=1S/C14H22BrNO3/c1-6-14(2,19-5)13(16)9-7-8-10(17-3)11(15)12(9)18-4/h7-8,13H,6,16H2,1-5H3. The number of halogens is 1. The maximum absolute atomic E-state index is 6.36. The third-order valence-corrected chi connectivity index (χ3v) is 4.43. The molecule has 4 nitrogen and oxygen atoms in total. The van der Waals surface area contributed by atoms with Crippen molar-refractivity contribution < 1.29 is 14.2 Å². The second kappa shape index (κ2) is 6.59. The summed E-state index contributed by atoms with van der Waals surface area (Å²) in [5, 5.41) is 0. The third-order valence-electron chi connectivity index (χ3n) is 3.68. The molecule has 0 amide bonds. The van der Waals surface area contributed by atoms with Gasteiger partial charge in [-0.1, -0.05) is 6.92 Å². The molecule has 1 aromatic carbocycles. The molecule has 0 saturated heterocycles. The molecule has 0 aromatic heterocycles. The van der Waals surface area contributed by atoms with Gasteiger partial charge in [-0.05, 0) is 41.4 Å². The zero-order valence-corrected chi connectivity index (χ0v) is 13.7. The molecule has 1 rings (SSSR count). The average molecular weight is 332 g/mol. The molecule has 0 spiro atoms. The molecule has 2 unspecified atom stereocenters. The number of nitrogens with two attached hydrogens (primary N) is 1. The normalized spacial score (nSPS) is 15.7. The van der Waals surface area contributed by atoms with Crippen molar-refractivity contribution >= 4 is 15.9 Å². The van der Waals surface area contributed by atoms with E-state index < -0.39 is 5.60 Å². The summed E-state index contributed by atoms with van der Waals surface area (Å²) < 4.78 is 17.1. The monoisotopic (exact) mass is 331 g/mol. The number of ether oxygens (including phenoxy) is 3. The highest BCUT2D eigenvalue weighted by molar-refractivity contribution is 9.10. The van der Waals surface area contributed by atoms with Crippen molar-refractivity contribution in [3.05, 3.63) is 22.2 Å². The molecule has 2 N–H and O–H groups in total. The van der Waals surface area contributed by atoms with Crippen molar-refractivity contribution in [2.45, 2.75) is 31.9 Å². The van der Waals surface area contributed by atoms with Crippen LogP contribution in [0.2, 0.25) is 0 Å². The minimum atomic E-state index is -0.443. The first-order valence-electron chi connectivity index (χ1n) is 6.16. The van der Waals surface area contributed by atoms with Crippen LogP contribution in [0.3, 0.4) is 0 Å². The molecule has 0 aliphatic rings. The van der Waals surface area contributed by atoms with Crippen molar-refractivity contribution in [1.29, 1.82) is 0 Å². The van der Waals surface area contributed by atoms with Gasteiger partial charge in [-0.3, -0.25) is 0 Å². The van der Waals surface area contributed by atoms with Crippen LogP contribution in [0.15, 0.2) is 16.6 Å². The summed E-state index contributed by atoms with van der Waals surface area (Å²) in [4.78, 5) is 0. The molecule has 0 radical (unpaired) electrons. The van der Waals surface area contributed by atoms with Crippen LogP contribution in [0.25, 0.3) is 0 Å². The zero-order chi connectivity index (χ0) is 14.6. The van der Waals surface area contributed by atoms with Crippen LogP contribution < -0.4 is 15.2 Å². The van der Waals surface area contributed by atoms with Crippen molar-refractivity contribution in [1.82, 2.24) is 0 Å². The second-order valence-electron chi connectivity index (χ2n) is 4.55. The molecule has 0 heterocycles. The Labute approximate surface area is 123 Å². The molecular weight excluding hydrogens is 310 g/mol. The predicted molar refractivity (Wildman–Crippen MR) is 79.9 cm³/mol. The first-order valence-corrected chi connectivity index (χ1v) is 6.95. The largest absolute Gasteiger partial charge is 0.495 e. The van der Waals surface area contributed by atoms with Gasteiger partial charge >= 0.3 is 0 Å². The third kappa shape index (κ3) is 3.04. The Hall–Kier alpha value is -0.780. The lowest BCUT2D eigenvalue weighted by molar-refractivity contribution is -0.0199. The van der Waals surface area contributed by atoms with Gasteiger partial charge in [0.1, 0.15) is 16.0 Å². The lowest BCUT2D eigenvalue weighted by Gasteiger charge is -2.34. The van der Waals surface area contributed by atoms with Crippen LogP contribution in [-0.2, 0) is 4.74 Å². The summed E-state index contributed by atoms with van der Waals surface area (Å²) in [6.07, 6.45) is 0.803. The topological polar surface area (TPSA) is 53.7 Å². The van der Waals surface area contributed by atoms with Gasteiger partial charge in [-0.2, -0.15) is 0 Å². The Balaban J connectivity index is 3.31. The number of rotatable bonds is 6. The first kappa shape index (κ1) is 16.3. The SMILES string of the molecule is CCC(C)(OC)C(N)c1ccc(OC)c(Br)c1OC. The van der Waals surface area contributed by atoms with Gasteiger partial charge in [0.25, 0.3) is 0 Å². The highest BCUT2D eigenvalue weighted by atomic mass is 79.9. The Kier molecular flexibility index (Phi) is 5.64. The molecule has 108 valence electrons. The molecule has 1 aromatic rings. The lowest BCUT2D eigenvalue weighted by Crippen LogP contribution is -2.39. The Morgan fingerprint density at radius 3 is 2.32 bits per heavy atom. The van der Waals surface area contributed by atoms with Gasteiger partial charge < -0.3 is 19.9 Å². The summed E-state index contributed by atoms with van der Waals surface area (Å²) >= 11 is 3.48. The van der Waals surface area contributed by atoms with Gasteiger partial charge in [0.2, 0.25) is 0 Å². The maximum atomic E-state index is 6.36. The highest BCUT2D eigenvalue weighted by Gasteiger charge is 2.33. The van der Waals surface area contributed by atoms with Crippen LogP contribution in [0.1, 0.15) is 31.9 Å². The fourth-order valence-electron chi connectivity index (χ4n) is 1.98. The van der Waals surface area contributed by atoms with Gasteiger partial charge in [-0.15, -0.1) is 0 Å². The van der Waals surface area contributed by atoms with E-state index in [1.807, 2.05) is 19.1 Å². The number of benzene rings is 1. The summed E-state index contributed by atoms with van der Waals surface area (Å²) in [6.45, 7) is 4.05.